The van der Waals surface area contributed by atoms with Crippen LogP contribution in [0, 0.1) is 0 Å². The van der Waals surface area contributed by atoms with Crippen LogP contribution in [-0.4, -0.2) is 35.3 Å². The van der Waals surface area contributed by atoms with E-state index in [0.29, 0.717) is 16.0 Å². The van der Waals surface area contributed by atoms with Gasteiger partial charge in [0.2, 0.25) is 0 Å². The molecule has 3 aromatic carbocycles. The fourth-order valence-electron chi connectivity index (χ4n) is 4.56. The largest absolute Gasteiger partial charge is 0.367 e. The van der Waals surface area contributed by atoms with Gasteiger partial charge in [0.1, 0.15) is 5.82 Å². The van der Waals surface area contributed by atoms with Crippen LogP contribution < -0.4 is 5.32 Å². The zero-order valence-corrected chi connectivity index (χ0v) is 25.4. The minimum Gasteiger partial charge on any atom is -0.367 e. The number of hydrogen-bond donors (Lipinski definition) is 1. The van der Waals surface area contributed by atoms with Gasteiger partial charge in [-0.05, 0) is 46.3 Å². The third-order valence-electron chi connectivity index (χ3n) is 6.35. The first-order valence-electron chi connectivity index (χ1n) is 13.0. The molecule has 0 aliphatic rings. The summed E-state index contributed by atoms with van der Waals surface area (Å²) >= 11 is 9.93. The van der Waals surface area contributed by atoms with Crippen molar-refractivity contribution in [3.05, 3.63) is 88.5 Å². The van der Waals surface area contributed by atoms with E-state index in [9.17, 15) is 8.42 Å². The molecular formula is C30H32BrClN4O2S. The monoisotopic (exact) mass is 626 g/mol. The molecule has 6 nitrogen and oxygen atoms in total. The van der Waals surface area contributed by atoms with Crippen molar-refractivity contribution in [2.75, 3.05) is 11.6 Å². The highest BCUT2D eigenvalue weighted by molar-refractivity contribution is 9.10. The standard InChI is InChI=1S/C19H22BrClN4.C11H10O2S/c1-3-7-13(8-4-2)23-18-11-17(14-9-5-6-10-16(14)21)24-19-15(20)12-22-25(18)19;1-14(12,13)11-8-4-6-9-5-2-3-7-10(9)11/h5-6,9-13,23H,3-4,7-8H2,1-2H3;2-8H,1H3. The van der Waals surface area contributed by atoms with E-state index in [0.717, 1.165) is 63.7 Å². The van der Waals surface area contributed by atoms with Crippen LogP contribution in [-0.2, 0) is 9.84 Å². The van der Waals surface area contributed by atoms with Gasteiger partial charge in [-0.1, -0.05) is 92.9 Å². The molecule has 0 aliphatic heterocycles. The van der Waals surface area contributed by atoms with Gasteiger partial charge in [-0.2, -0.15) is 9.61 Å². The minimum atomic E-state index is -3.13. The molecule has 5 rings (SSSR count). The highest BCUT2D eigenvalue weighted by Gasteiger charge is 2.16. The van der Waals surface area contributed by atoms with Gasteiger partial charge in [-0.25, -0.2) is 13.4 Å². The number of hydrogen-bond acceptors (Lipinski definition) is 5. The average molecular weight is 628 g/mol. The zero-order chi connectivity index (χ0) is 28.0. The molecular weight excluding hydrogens is 596 g/mol. The predicted molar refractivity (Wildman–Crippen MR) is 165 cm³/mol. The molecule has 2 aromatic heterocycles. The first-order valence-corrected chi connectivity index (χ1v) is 16.0. The normalized spacial score (nSPS) is 11.5. The first-order chi connectivity index (χ1) is 18.7. The summed E-state index contributed by atoms with van der Waals surface area (Å²) in [5.41, 5.74) is 2.55. The second-order valence-corrected chi connectivity index (χ2v) is 12.6. The van der Waals surface area contributed by atoms with Gasteiger partial charge in [0.25, 0.3) is 0 Å². The summed E-state index contributed by atoms with van der Waals surface area (Å²) in [5, 5.41) is 10.6. The van der Waals surface area contributed by atoms with Gasteiger partial charge in [0, 0.05) is 34.3 Å². The van der Waals surface area contributed by atoms with E-state index >= 15 is 0 Å². The van der Waals surface area contributed by atoms with Crippen molar-refractivity contribution in [3.63, 3.8) is 0 Å². The molecule has 0 atom stereocenters. The molecule has 0 saturated carbocycles. The highest BCUT2D eigenvalue weighted by atomic mass is 79.9. The Kier molecular flexibility index (Phi) is 9.64. The molecule has 204 valence electrons. The Labute approximate surface area is 243 Å². The van der Waals surface area contributed by atoms with Crippen LogP contribution in [0.4, 0.5) is 5.82 Å². The number of nitrogens with zero attached hydrogens (tertiary/aromatic N) is 3. The lowest BCUT2D eigenvalue weighted by atomic mass is 10.1. The molecule has 0 spiro atoms. The molecule has 0 radical (unpaired) electrons. The van der Waals surface area contributed by atoms with Crippen LogP contribution in [0.25, 0.3) is 27.7 Å². The quantitative estimate of drug-likeness (QED) is 0.187. The lowest BCUT2D eigenvalue weighted by molar-refractivity contribution is 0.582. The van der Waals surface area contributed by atoms with E-state index in [1.165, 1.54) is 6.26 Å². The fourth-order valence-corrected chi connectivity index (χ4v) is 6.05. The zero-order valence-electron chi connectivity index (χ0n) is 22.2. The van der Waals surface area contributed by atoms with Crippen molar-refractivity contribution >= 4 is 59.6 Å². The van der Waals surface area contributed by atoms with Gasteiger partial charge in [0.15, 0.2) is 15.5 Å². The fraction of sp³-hybridized carbons (Fsp3) is 0.267. The molecule has 0 saturated heterocycles. The van der Waals surface area contributed by atoms with Crippen LogP contribution in [0.3, 0.4) is 0 Å². The average Bonchev–Trinajstić information content (AvgIpc) is 3.29. The van der Waals surface area contributed by atoms with Gasteiger partial charge >= 0.3 is 0 Å². The van der Waals surface area contributed by atoms with Crippen LogP contribution in [0.15, 0.2) is 88.4 Å². The van der Waals surface area contributed by atoms with Crippen molar-refractivity contribution in [1.82, 2.24) is 14.6 Å². The van der Waals surface area contributed by atoms with Crippen LogP contribution in [0.1, 0.15) is 39.5 Å². The maximum absolute atomic E-state index is 11.4. The first kappa shape index (κ1) is 29.1. The molecule has 1 N–H and O–H groups in total. The lowest BCUT2D eigenvalue weighted by Crippen LogP contribution is -2.21. The molecule has 2 heterocycles. The van der Waals surface area contributed by atoms with Gasteiger partial charge in [0.05, 0.1) is 21.3 Å². The summed E-state index contributed by atoms with van der Waals surface area (Å²) in [4.78, 5) is 5.15. The summed E-state index contributed by atoms with van der Waals surface area (Å²) in [6.07, 6.45) is 7.55. The van der Waals surface area contributed by atoms with Gasteiger partial charge in [-0.3, -0.25) is 0 Å². The Morgan fingerprint density at radius 1 is 0.974 bits per heavy atom. The summed E-state index contributed by atoms with van der Waals surface area (Å²) in [6.45, 7) is 4.43. The molecule has 5 aromatic rings. The molecule has 0 unspecified atom stereocenters. The van der Waals surface area contributed by atoms with Crippen molar-refractivity contribution in [3.8, 4) is 11.3 Å². The number of aromatic nitrogens is 3. The third-order valence-corrected chi connectivity index (χ3v) is 8.40. The van der Waals surface area contributed by atoms with Crippen LogP contribution in [0.5, 0.6) is 0 Å². The SMILES string of the molecule is CCCC(CCC)Nc1cc(-c2ccccc2Cl)nc2c(Br)cnn12.CS(=O)(=O)c1cccc2ccccc12. The Morgan fingerprint density at radius 3 is 2.33 bits per heavy atom. The number of sulfone groups is 1. The second-order valence-electron chi connectivity index (χ2n) is 9.40. The number of benzene rings is 3. The maximum Gasteiger partial charge on any atom is 0.176 e. The minimum absolute atomic E-state index is 0.399. The summed E-state index contributed by atoms with van der Waals surface area (Å²) in [5.74, 6) is 0.942. The Balaban J connectivity index is 0.000000212. The summed E-state index contributed by atoms with van der Waals surface area (Å²) in [7, 11) is -3.13. The number of fused-ring (bicyclic) bond motifs is 2. The van der Waals surface area contributed by atoms with E-state index in [1.54, 1.807) is 18.3 Å². The van der Waals surface area contributed by atoms with Crippen molar-refractivity contribution in [1.29, 1.82) is 0 Å². The van der Waals surface area contributed by atoms with E-state index in [4.69, 9.17) is 16.6 Å². The molecule has 0 aliphatic carbocycles. The van der Waals surface area contributed by atoms with Crippen LogP contribution >= 0.6 is 27.5 Å². The predicted octanol–water partition coefficient (Wildman–Crippen LogP) is 8.44. The molecule has 0 fully saturated rings. The Bertz CT molecular complexity index is 1680. The van der Waals surface area contributed by atoms with Crippen molar-refractivity contribution in [2.24, 2.45) is 0 Å². The number of anilines is 1. The number of halogens is 2. The number of rotatable bonds is 8. The lowest BCUT2D eigenvalue weighted by Gasteiger charge is -2.20. The van der Waals surface area contributed by atoms with E-state index < -0.39 is 9.84 Å². The van der Waals surface area contributed by atoms with Crippen molar-refractivity contribution in [2.45, 2.75) is 50.5 Å². The Hall–Kier alpha value is -2.94. The molecule has 0 amide bonds. The van der Waals surface area contributed by atoms with Crippen molar-refractivity contribution < 1.29 is 8.42 Å². The Morgan fingerprint density at radius 2 is 1.64 bits per heavy atom. The molecule has 39 heavy (non-hydrogen) atoms. The van der Waals surface area contributed by atoms with E-state index in [2.05, 4.69) is 40.2 Å². The molecule has 0 bridgehead atoms. The summed E-state index contributed by atoms with van der Waals surface area (Å²) in [6, 6.07) is 23.0. The second kappa shape index (κ2) is 12.9. The molecule has 9 heteroatoms. The summed E-state index contributed by atoms with van der Waals surface area (Å²) < 4.78 is 25.6. The van der Waals surface area contributed by atoms with E-state index in [-0.39, 0.29) is 0 Å². The maximum atomic E-state index is 11.4. The van der Waals surface area contributed by atoms with E-state index in [1.807, 2.05) is 65.2 Å². The van der Waals surface area contributed by atoms with Crippen LogP contribution in [0.2, 0.25) is 5.02 Å². The van der Waals surface area contributed by atoms with Gasteiger partial charge < -0.3 is 5.32 Å². The topological polar surface area (TPSA) is 76.4 Å². The smallest absolute Gasteiger partial charge is 0.176 e. The number of nitrogens with one attached hydrogen (secondary N) is 1. The highest BCUT2D eigenvalue weighted by Crippen LogP contribution is 2.31. The van der Waals surface area contributed by atoms with Gasteiger partial charge in [-0.15, -0.1) is 0 Å². The third kappa shape index (κ3) is 6.99.